The fourth-order valence-electron chi connectivity index (χ4n) is 3.36. The molecule has 1 amide bonds. The third-order valence-corrected chi connectivity index (χ3v) is 4.83. The van der Waals surface area contributed by atoms with Crippen molar-refractivity contribution in [2.75, 3.05) is 5.32 Å². The number of carbonyl (C=O) groups excluding carboxylic acids is 1. The Balaban J connectivity index is 1.70. The molecule has 0 aliphatic carbocycles. The molecule has 26 heavy (non-hydrogen) atoms. The maximum absolute atomic E-state index is 12.8. The highest BCUT2D eigenvalue weighted by Crippen LogP contribution is 2.29. The van der Waals surface area contributed by atoms with E-state index in [1.807, 2.05) is 0 Å². The summed E-state index contributed by atoms with van der Waals surface area (Å²) in [4.78, 5) is 33.8. The molecule has 1 aromatic carbocycles. The molecule has 1 N–H and O–H groups in total. The van der Waals surface area contributed by atoms with E-state index in [0.29, 0.717) is 28.7 Å². The number of hydrogen-bond acceptors (Lipinski definition) is 4. The first-order valence-electron chi connectivity index (χ1n) is 8.68. The number of hydrogen-bond donors (Lipinski definition) is 1. The molecule has 0 unspecified atom stereocenters. The zero-order chi connectivity index (χ0) is 18.3. The van der Waals surface area contributed by atoms with Crippen molar-refractivity contribution in [3.05, 3.63) is 64.5 Å². The Morgan fingerprint density at radius 2 is 2.12 bits per heavy atom. The Labute approximate surface area is 150 Å². The topological polar surface area (TPSA) is 76.9 Å². The van der Waals surface area contributed by atoms with Crippen LogP contribution >= 0.6 is 0 Å². The smallest absolute Gasteiger partial charge is 0.261 e. The number of nitrogens with one attached hydrogen (secondary N) is 1. The predicted molar refractivity (Wildman–Crippen MR) is 100 cm³/mol. The molecule has 1 aliphatic heterocycles. The van der Waals surface area contributed by atoms with Crippen molar-refractivity contribution < 1.29 is 4.79 Å². The number of aromatic nitrogens is 3. The second-order valence-corrected chi connectivity index (χ2v) is 7.51. The average Bonchev–Trinajstić information content (AvgIpc) is 2.63. The lowest BCUT2D eigenvalue weighted by atomic mass is 9.85. The van der Waals surface area contributed by atoms with E-state index in [4.69, 9.17) is 0 Å². The van der Waals surface area contributed by atoms with Crippen LogP contribution < -0.4 is 10.9 Å². The molecule has 0 bridgehead atoms. The normalized spacial score (nSPS) is 15.5. The van der Waals surface area contributed by atoms with Gasteiger partial charge in [0.25, 0.3) is 11.5 Å². The van der Waals surface area contributed by atoms with Crippen LogP contribution in [0.25, 0.3) is 10.9 Å². The highest BCUT2D eigenvalue weighted by atomic mass is 16.1. The zero-order valence-corrected chi connectivity index (χ0v) is 14.8. The molecular formula is C20H20N4O2. The average molecular weight is 348 g/mol. The lowest BCUT2D eigenvalue weighted by molar-refractivity contribution is 0.102. The summed E-state index contributed by atoms with van der Waals surface area (Å²) < 4.78 is 1.79. The number of carbonyl (C=O) groups is 1. The van der Waals surface area contributed by atoms with E-state index in [2.05, 4.69) is 29.1 Å². The first kappa shape index (κ1) is 16.4. The first-order chi connectivity index (χ1) is 12.4. The highest BCUT2D eigenvalue weighted by Gasteiger charge is 2.27. The molecule has 6 nitrogen and oxygen atoms in total. The fourth-order valence-corrected chi connectivity index (χ4v) is 3.36. The van der Waals surface area contributed by atoms with Gasteiger partial charge in [0.15, 0.2) is 0 Å². The quantitative estimate of drug-likeness (QED) is 0.772. The van der Waals surface area contributed by atoms with Crippen molar-refractivity contribution in [2.45, 2.75) is 33.2 Å². The summed E-state index contributed by atoms with van der Waals surface area (Å²) in [5.74, 6) is 0.575. The summed E-state index contributed by atoms with van der Waals surface area (Å²) in [5.41, 5.74) is 1.80. The van der Waals surface area contributed by atoms with E-state index in [1.165, 1.54) is 6.20 Å². The number of amides is 1. The van der Waals surface area contributed by atoms with E-state index in [1.54, 1.807) is 41.1 Å². The summed E-state index contributed by atoms with van der Waals surface area (Å²) in [6.07, 6.45) is 4.92. The molecule has 0 atom stereocenters. The van der Waals surface area contributed by atoms with Crippen LogP contribution in [-0.4, -0.2) is 20.4 Å². The number of benzene rings is 1. The Morgan fingerprint density at radius 3 is 2.88 bits per heavy atom. The molecular weight excluding hydrogens is 328 g/mol. The van der Waals surface area contributed by atoms with Crippen molar-refractivity contribution in [1.29, 1.82) is 0 Å². The minimum atomic E-state index is -0.242. The molecule has 132 valence electrons. The highest BCUT2D eigenvalue weighted by molar-refractivity contribution is 6.04. The van der Waals surface area contributed by atoms with Gasteiger partial charge < -0.3 is 5.32 Å². The van der Waals surface area contributed by atoms with Gasteiger partial charge >= 0.3 is 0 Å². The lowest BCUT2D eigenvalue weighted by Gasteiger charge is -2.31. The van der Waals surface area contributed by atoms with E-state index < -0.39 is 0 Å². The Hall–Kier alpha value is -3.02. The molecule has 0 saturated heterocycles. The van der Waals surface area contributed by atoms with Gasteiger partial charge in [0.1, 0.15) is 5.82 Å². The van der Waals surface area contributed by atoms with Gasteiger partial charge in [0.2, 0.25) is 0 Å². The fraction of sp³-hybridized carbons (Fsp3) is 0.300. The molecule has 6 heteroatoms. The summed E-state index contributed by atoms with van der Waals surface area (Å²) in [6, 6.07) is 8.64. The largest absolute Gasteiger partial charge is 0.322 e. The van der Waals surface area contributed by atoms with E-state index in [0.717, 1.165) is 18.7 Å². The van der Waals surface area contributed by atoms with Crippen molar-refractivity contribution in [1.82, 2.24) is 14.5 Å². The summed E-state index contributed by atoms with van der Waals surface area (Å²) in [5, 5.41) is 3.41. The standard InChI is InChI=1S/C20H20N4O2/c1-20(2)8-7-17-23-16-10-14(5-6-15(16)19(26)24(17)12-20)22-18(25)13-4-3-9-21-11-13/h3-6,9-11H,7-8,12H2,1-2H3,(H,22,25). The molecule has 0 fully saturated rings. The van der Waals surface area contributed by atoms with Crippen LogP contribution in [0.3, 0.4) is 0 Å². The monoisotopic (exact) mass is 348 g/mol. The lowest BCUT2D eigenvalue weighted by Crippen LogP contribution is -2.36. The number of pyridine rings is 1. The summed E-state index contributed by atoms with van der Waals surface area (Å²) >= 11 is 0. The Kier molecular flexibility index (Phi) is 3.83. The zero-order valence-electron chi connectivity index (χ0n) is 14.8. The van der Waals surface area contributed by atoms with Crippen LogP contribution in [-0.2, 0) is 13.0 Å². The van der Waals surface area contributed by atoms with Gasteiger partial charge in [-0.1, -0.05) is 13.8 Å². The third kappa shape index (κ3) is 2.98. The number of anilines is 1. The third-order valence-electron chi connectivity index (χ3n) is 4.83. The minimum Gasteiger partial charge on any atom is -0.322 e. The van der Waals surface area contributed by atoms with E-state index >= 15 is 0 Å². The van der Waals surface area contributed by atoms with Crippen molar-refractivity contribution in [3.8, 4) is 0 Å². The minimum absolute atomic E-state index is 0.0112. The number of rotatable bonds is 2. The van der Waals surface area contributed by atoms with E-state index in [9.17, 15) is 9.59 Å². The van der Waals surface area contributed by atoms with Gasteiger partial charge in [0.05, 0.1) is 16.5 Å². The summed E-state index contributed by atoms with van der Waals surface area (Å²) in [7, 11) is 0. The van der Waals surface area contributed by atoms with Gasteiger partial charge in [-0.2, -0.15) is 0 Å². The van der Waals surface area contributed by atoms with Crippen LogP contribution in [0.2, 0.25) is 0 Å². The SMILES string of the molecule is CC1(C)CCc2nc3cc(NC(=O)c4cccnc4)ccc3c(=O)n2C1. The Morgan fingerprint density at radius 1 is 1.27 bits per heavy atom. The second kappa shape index (κ2) is 6.05. The van der Waals surface area contributed by atoms with E-state index in [-0.39, 0.29) is 16.9 Å². The molecule has 2 aromatic heterocycles. The van der Waals surface area contributed by atoms with Gasteiger partial charge in [-0.05, 0) is 42.2 Å². The van der Waals surface area contributed by atoms with Crippen LogP contribution in [0.4, 0.5) is 5.69 Å². The van der Waals surface area contributed by atoms with Gasteiger partial charge in [-0.3, -0.25) is 19.1 Å². The maximum Gasteiger partial charge on any atom is 0.261 e. The van der Waals surface area contributed by atoms with Gasteiger partial charge in [0, 0.05) is 31.0 Å². The predicted octanol–water partition coefficient (Wildman–Crippen LogP) is 3.02. The Bertz CT molecular complexity index is 1050. The molecule has 0 spiro atoms. The molecule has 3 aromatic rings. The first-order valence-corrected chi connectivity index (χ1v) is 8.68. The second-order valence-electron chi connectivity index (χ2n) is 7.51. The molecule has 3 heterocycles. The number of fused-ring (bicyclic) bond motifs is 2. The van der Waals surface area contributed by atoms with Crippen LogP contribution in [0.1, 0.15) is 36.5 Å². The van der Waals surface area contributed by atoms with Crippen molar-refractivity contribution in [3.63, 3.8) is 0 Å². The number of aryl methyl sites for hydroxylation is 1. The van der Waals surface area contributed by atoms with Crippen molar-refractivity contribution >= 4 is 22.5 Å². The molecule has 0 saturated carbocycles. The molecule has 4 rings (SSSR count). The van der Waals surface area contributed by atoms with Crippen molar-refractivity contribution in [2.24, 2.45) is 5.41 Å². The molecule has 0 radical (unpaired) electrons. The maximum atomic E-state index is 12.8. The molecule has 1 aliphatic rings. The summed E-state index contributed by atoms with van der Waals surface area (Å²) in [6.45, 7) is 5.02. The van der Waals surface area contributed by atoms with Crippen LogP contribution in [0.5, 0.6) is 0 Å². The number of nitrogens with zero attached hydrogens (tertiary/aromatic N) is 3. The van der Waals surface area contributed by atoms with Gasteiger partial charge in [-0.25, -0.2) is 4.98 Å². The van der Waals surface area contributed by atoms with Gasteiger partial charge in [-0.15, -0.1) is 0 Å². The van der Waals surface area contributed by atoms with Crippen LogP contribution in [0, 0.1) is 5.41 Å². The van der Waals surface area contributed by atoms with Crippen LogP contribution in [0.15, 0.2) is 47.5 Å².